The maximum atomic E-state index is 13.8. The zero-order valence-corrected chi connectivity index (χ0v) is 28.9. The van der Waals surface area contributed by atoms with Crippen LogP contribution in [0.15, 0.2) is 53.7 Å². The monoisotopic (exact) mass is 668 g/mol. The minimum Gasteiger partial charge on any atom is -0.447 e. The van der Waals surface area contributed by atoms with E-state index in [9.17, 15) is 18.0 Å². The number of alkyl carbamates (subject to hydrolysis) is 1. The Morgan fingerprint density at radius 3 is 2.28 bits per heavy atom. The fourth-order valence-electron chi connectivity index (χ4n) is 6.35. The van der Waals surface area contributed by atoms with Crippen LogP contribution < -0.4 is 20.7 Å². The summed E-state index contributed by atoms with van der Waals surface area (Å²) in [6, 6.07) is 9.56. The molecule has 46 heavy (non-hydrogen) atoms. The number of ether oxygens (including phenoxy) is 1. The molecule has 13 heteroatoms. The number of pyridine rings is 1. The van der Waals surface area contributed by atoms with Crippen molar-refractivity contribution in [2.75, 3.05) is 5.32 Å². The molecule has 2 bridgehead atoms. The lowest BCUT2D eigenvalue weighted by Crippen LogP contribution is -2.58. The smallest absolute Gasteiger partial charge is 0.407 e. The highest BCUT2D eigenvalue weighted by Crippen LogP contribution is 2.55. The molecule has 248 valence electrons. The fraction of sp³-hybridized carbons (Fsp3) is 0.515. The highest BCUT2D eigenvalue weighted by molar-refractivity contribution is 7.89. The number of carbonyl (C=O) groups excluding carboxylic acids is 2. The van der Waals surface area contributed by atoms with E-state index in [2.05, 4.69) is 25.7 Å². The van der Waals surface area contributed by atoms with Gasteiger partial charge in [0.1, 0.15) is 0 Å². The molecule has 0 spiro atoms. The maximum Gasteiger partial charge on any atom is 0.407 e. The van der Waals surface area contributed by atoms with E-state index in [-0.39, 0.29) is 34.1 Å². The molecule has 0 unspecified atom stereocenters. The summed E-state index contributed by atoms with van der Waals surface area (Å²) in [6.45, 7) is 10.9. The van der Waals surface area contributed by atoms with Gasteiger partial charge in [0.05, 0.1) is 32.6 Å². The topological polar surface area (TPSA) is 151 Å². The van der Waals surface area contributed by atoms with Crippen molar-refractivity contribution >= 4 is 39.2 Å². The molecule has 0 saturated heterocycles. The number of anilines is 1. The number of benzene rings is 1. The normalized spacial score (nSPS) is 21.9. The molecule has 3 amide bonds. The molecule has 3 aliphatic carbocycles. The SMILES string of the molecule is CC(C)OC(=O)NC12CCC(c3ncc(-c4ccc(NC(=O)N[C@H](C)c5ccccn5)cc4S(=O)(=O)NC(C)(C)C)s3)(CC1)CC2. The summed E-state index contributed by atoms with van der Waals surface area (Å²) in [7, 11) is -3.98. The zero-order valence-electron chi connectivity index (χ0n) is 27.3. The Kier molecular flexibility index (Phi) is 9.49. The predicted octanol–water partition coefficient (Wildman–Crippen LogP) is 6.64. The second kappa shape index (κ2) is 12.9. The summed E-state index contributed by atoms with van der Waals surface area (Å²) in [5.41, 5.74) is 0.478. The third-order valence-corrected chi connectivity index (χ3v) is 11.7. The Balaban J connectivity index is 1.38. The van der Waals surface area contributed by atoms with Crippen LogP contribution in [-0.2, 0) is 20.2 Å². The Hall–Kier alpha value is -3.55. The van der Waals surface area contributed by atoms with Crippen molar-refractivity contribution in [1.29, 1.82) is 0 Å². The zero-order chi connectivity index (χ0) is 33.3. The van der Waals surface area contributed by atoms with E-state index in [4.69, 9.17) is 9.72 Å². The van der Waals surface area contributed by atoms with E-state index >= 15 is 0 Å². The number of thiazole rings is 1. The predicted molar refractivity (Wildman–Crippen MR) is 179 cm³/mol. The molecule has 3 aromatic rings. The van der Waals surface area contributed by atoms with Gasteiger partial charge >= 0.3 is 12.1 Å². The summed E-state index contributed by atoms with van der Waals surface area (Å²) < 4.78 is 35.6. The lowest BCUT2D eigenvalue weighted by molar-refractivity contribution is 0.0560. The number of hydrogen-bond acceptors (Lipinski definition) is 8. The third-order valence-electron chi connectivity index (χ3n) is 8.63. The Labute approximate surface area is 275 Å². The molecular formula is C33H44N6O5S2. The molecule has 3 fully saturated rings. The number of carbonyl (C=O) groups is 2. The third kappa shape index (κ3) is 7.69. The van der Waals surface area contributed by atoms with Crippen LogP contribution in [0.1, 0.15) is 96.8 Å². The molecule has 1 atom stereocenters. The second-order valence-corrected chi connectivity index (χ2v) is 16.5. The van der Waals surface area contributed by atoms with Gasteiger partial charge in [0.15, 0.2) is 0 Å². The first-order valence-electron chi connectivity index (χ1n) is 15.7. The molecule has 2 aromatic heterocycles. The van der Waals surface area contributed by atoms with Crippen molar-refractivity contribution in [2.45, 2.75) is 114 Å². The summed E-state index contributed by atoms with van der Waals surface area (Å²) in [4.78, 5) is 35.2. The van der Waals surface area contributed by atoms with Crippen molar-refractivity contribution in [3.63, 3.8) is 0 Å². The highest BCUT2D eigenvalue weighted by Gasteiger charge is 2.51. The largest absolute Gasteiger partial charge is 0.447 e. The minimum atomic E-state index is -3.98. The summed E-state index contributed by atoms with van der Waals surface area (Å²) in [5, 5.41) is 9.75. The molecule has 6 rings (SSSR count). The molecule has 0 aliphatic heterocycles. The molecule has 1 aromatic carbocycles. The van der Waals surface area contributed by atoms with Crippen LogP contribution in [0.5, 0.6) is 0 Å². The van der Waals surface area contributed by atoms with Crippen molar-refractivity contribution in [1.82, 2.24) is 25.3 Å². The number of rotatable bonds is 9. The highest BCUT2D eigenvalue weighted by atomic mass is 32.2. The van der Waals surface area contributed by atoms with Crippen LogP contribution in [0.25, 0.3) is 10.4 Å². The molecule has 3 aliphatic rings. The minimum absolute atomic E-state index is 0.0601. The van der Waals surface area contributed by atoms with Crippen molar-refractivity contribution in [3.8, 4) is 10.4 Å². The van der Waals surface area contributed by atoms with Gasteiger partial charge in [0.25, 0.3) is 0 Å². The lowest BCUT2D eigenvalue weighted by atomic mass is 9.57. The Morgan fingerprint density at radius 2 is 1.67 bits per heavy atom. The maximum absolute atomic E-state index is 13.8. The average Bonchev–Trinajstić information content (AvgIpc) is 3.48. The number of sulfonamides is 1. The first-order valence-corrected chi connectivity index (χ1v) is 18.0. The van der Waals surface area contributed by atoms with Crippen LogP contribution in [0.2, 0.25) is 0 Å². The van der Waals surface area contributed by atoms with Crippen LogP contribution in [-0.4, -0.2) is 47.7 Å². The van der Waals surface area contributed by atoms with Crippen LogP contribution in [0.4, 0.5) is 15.3 Å². The van der Waals surface area contributed by atoms with E-state index in [1.807, 2.05) is 32.9 Å². The first-order chi connectivity index (χ1) is 21.6. The quantitative estimate of drug-likeness (QED) is 0.199. The molecule has 2 heterocycles. The van der Waals surface area contributed by atoms with Crippen molar-refractivity contribution in [2.24, 2.45) is 0 Å². The molecule has 4 N–H and O–H groups in total. The van der Waals surface area contributed by atoms with Gasteiger partial charge in [0, 0.05) is 40.1 Å². The Bertz CT molecular complexity index is 1660. The van der Waals surface area contributed by atoms with Crippen LogP contribution in [0.3, 0.4) is 0 Å². The van der Waals surface area contributed by atoms with Gasteiger partial charge in [-0.15, -0.1) is 11.3 Å². The van der Waals surface area contributed by atoms with Gasteiger partial charge in [0.2, 0.25) is 10.0 Å². The number of nitrogens with zero attached hydrogens (tertiary/aromatic N) is 2. The summed E-state index contributed by atoms with van der Waals surface area (Å²) in [5.74, 6) is 0. The lowest BCUT2D eigenvalue weighted by Gasteiger charge is -2.52. The number of amides is 3. The molecule has 0 radical (unpaired) electrons. The van der Waals surface area contributed by atoms with Crippen molar-refractivity contribution < 1.29 is 22.7 Å². The van der Waals surface area contributed by atoms with Crippen LogP contribution in [0, 0.1) is 0 Å². The second-order valence-electron chi connectivity index (χ2n) is 13.8. The summed E-state index contributed by atoms with van der Waals surface area (Å²) >= 11 is 1.51. The van der Waals surface area contributed by atoms with E-state index < -0.39 is 21.6 Å². The molecule has 3 saturated carbocycles. The van der Waals surface area contributed by atoms with E-state index in [0.717, 1.165) is 48.4 Å². The average molecular weight is 669 g/mol. The number of aromatic nitrogens is 2. The van der Waals surface area contributed by atoms with Gasteiger partial charge in [-0.05, 0) is 104 Å². The number of nitrogens with one attached hydrogen (secondary N) is 4. The Morgan fingerprint density at radius 1 is 0.978 bits per heavy atom. The van der Waals surface area contributed by atoms with Crippen molar-refractivity contribution in [3.05, 3.63) is 59.5 Å². The fourth-order valence-corrected chi connectivity index (χ4v) is 9.31. The van der Waals surface area contributed by atoms with Gasteiger partial charge in [-0.2, -0.15) is 0 Å². The first kappa shape index (κ1) is 33.8. The molecular weight excluding hydrogens is 625 g/mol. The van der Waals surface area contributed by atoms with Crippen LogP contribution >= 0.6 is 11.3 Å². The number of hydrogen-bond donors (Lipinski definition) is 4. The number of urea groups is 1. The van der Waals surface area contributed by atoms with Gasteiger partial charge in [-0.1, -0.05) is 12.1 Å². The van der Waals surface area contributed by atoms with Gasteiger partial charge < -0.3 is 20.7 Å². The summed E-state index contributed by atoms with van der Waals surface area (Å²) in [6.07, 6.45) is 8.04. The number of fused-ring (bicyclic) bond motifs is 3. The standard InChI is InChI=1S/C33H44N6O5S2/c1-21(2)44-30(41)38-33-15-12-32(13-16-33,14-17-33)28-35-20-26(45-28)24-11-10-23(19-27(24)46(42,43)39-31(4,5)6)37-29(40)36-22(3)25-9-7-8-18-34-25/h7-11,18-22,39H,12-17H2,1-6H3,(H,38,41)(H2,36,37,40)/t22-,32?,33?/m1/s1. The van der Waals surface area contributed by atoms with E-state index in [1.165, 1.54) is 17.4 Å². The van der Waals surface area contributed by atoms with Gasteiger partial charge in [-0.3, -0.25) is 4.98 Å². The van der Waals surface area contributed by atoms with Gasteiger partial charge in [-0.25, -0.2) is 27.7 Å². The van der Waals surface area contributed by atoms with E-state index in [1.54, 1.807) is 51.4 Å². The molecule has 11 nitrogen and oxygen atoms in total. The van der Waals surface area contributed by atoms with E-state index in [0.29, 0.717) is 16.9 Å².